The van der Waals surface area contributed by atoms with E-state index in [1.54, 1.807) is 14.2 Å². The molecule has 0 aromatic rings. The van der Waals surface area contributed by atoms with Gasteiger partial charge in [0.25, 0.3) is 0 Å². The molecule has 0 radical (unpaired) electrons. The van der Waals surface area contributed by atoms with Gasteiger partial charge in [-0.2, -0.15) is 0 Å². The van der Waals surface area contributed by atoms with Crippen LogP contribution >= 0.6 is 0 Å². The lowest BCUT2D eigenvalue weighted by molar-refractivity contribution is 0.000661. The van der Waals surface area contributed by atoms with Crippen LogP contribution in [-0.4, -0.2) is 64.6 Å². The monoisotopic (exact) mass is 216 g/mol. The highest BCUT2D eigenvalue weighted by Gasteiger charge is 2.21. The molecule has 1 saturated heterocycles. The molecule has 1 heterocycles. The Labute approximate surface area is 92.9 Å². The molecule has 0 aromatic heterocycles. The minimum atomic E-state index is 0.200. The van der Waals surface area contributed by atoms with E-state index < -0.39 is 0 Å². The maximum absolute atomic E-state index is 5.38. The summed E-state index contributed by atoms with van der Waals surface area (Å²) in [6.07, 6.45) is 2.76. The van der Waals surface area contributed by atoms with Crippen molar-refractivity contribution < 1.29 is 9.47 Å². The number of hydrogen-bond donors (Lipinski definition) is 1. The molecule has 1 rings (SSSR count). The summed E-state index contributed by atoms with van der Waals surface area (Å²) in [4.78, 5) is 2.46. The summed E-state index contributed by atoms with van der Waals surface area (Å²) in [6.45, 7) is 3.96. The second-order valence-electron chi connectivity index (χ2n) is 4.20. The number of nitrogens with zero attached hydrogens (tertiary/aromatic N) is 1. The molecule has 4 nitrogen and oxygen atoms in total. The maximum atomic E-state index is 5.38. The number of ether oxygens (including phenoxy) is 2. The van der Waals surface area contributed by atoms with Crippen molar-refractivity contribution in [2.75, 3.05) is 47.5 Å². The maximum Gasteiger partial charge on any atom is 0.0931 e. The average Bonchev–Trinajstić information content (AvgIpc) is 2.29. The van der Waals surface area contributed by atoms with Crippen molar-refractivity contribution in [2.24, 2.45) is 0 Å². The number of likely N-dealkylation sites (tertiary alicyclic amines) is 1. The Morgan fingerprint density at radius 3 is 2.87 bits per heavy atom. The molecule has 0 amide bonds. The second-order valence-corrected chi connectivity index (χ2v) is 4.20. The Balaban J connectivity index is 2.29. The van der Waals surface area contributed by atoms with Crippen LogP contribution in [0.5, 0.6) is 0 Å². The molecule has 1 aliphatic rings. The molecule has 0 saturated carbocycles. The van der Waals surface area contributed by atoms with Crippen LogP contribution in [0.15, 0.2) is 0 Å². The third kappa shape index (κ3) is 4.47. The Bertz CT molecular complexity index is 167. The fourth-order valence-corrected chi connectivity index (χ4v) is 2.13. The van der Waals surface area contributed by atoms with E-state index in [4.69, 9.17) is 9.47 Å². The van der Waals surface area contributed by atoms with Crippen molar-refractivity contribution in [3.05, 3.63) is 0 Å². The molecule has 0 aliphatic carbocycles. The number of nitrogens with one attached hydrogen (secondary N) is 1. The lowest BCUT2D eigenvalue weighted by Gasteiger charge is -2.34. The highest BCUT2D eigenvalue weighted by atomic mass is 16.5. The van der Waals surface area contributed by atoms with Crippen LogP contribution < -0.4 is 5.32 Å². The van der Waals surface area contributed by atoms with Gasteiger partial charge >= 0.3 is 0 Å². The highest BCUT2D eigenvalue weighted by Crippen LogP contribution is 2.10. The van der Waals surface area contributed by atoms with Crippen molar-refractivity contribution >= 4 is 0 Å². The molecule has 1 fully saturated rings. The number of likely N-dealkylation sites (N-methyl/N-ethyl adjacent to an activating group) is 1. The van der Waals surface area contributed by atoms with E-state index in [-0.39, 0.29) is 6.10 Å². The standard InChI is InChI=1S/C11H24N2O2/c1-12-10-5-4-6-13(7-10)8-11(15-3)9-14-2/h10-12H,4-9H2,1-3H3. The summed E-state index contributed by atoms with van der Waals surface area (Å²) in [5, 5.41) is 3.34. The van der Waals surface area contributed by atoms with Gasteiger partial charge in [-0.25, -0.2) is 0 Å². The zero-order chi connectivity index (χ0) is 11.1. The van der Waals surface area contributed by atoms with Crippen molar-refractivity contribution in [1.82, 2.24) is 10.2 Å². The smallest absolute Gasteiger partial charge is 0.0931 e. The molecule has 2 atom stereocenters. The van der Waals surface area contributed by atoms with Gasteiger partial charge in [0.1, 0.15) is 0 Å². The third-order valence-electron chi connectivity index (χ3n) is 3.06. The fraction of sp³-hybridized carbons (Fsp3) is 1.00. The first-order valence-corrected chi connectivity index (χ1v) is 5.71. The summed E-state index contributed by atoms with van der Waals surface area (Å²) in [5.41, 5.74) is 0. The number of piperidine rings is 1. The Morgan fingerprint density at radius 1 is 1.47 bits per heavy atom. The molecular formula is C11H24N2O2. The van der Waals surface area contributed by atoms with Gasteiger partial charge in [0, 0.05) is 33.4 Å². The van der Waals surface area contributed by atoms with E-state index in [2.05, 4.69) is 10.2 Å². The van der Waals surface area contributed by atoms with Crippen LogP contribution in [-0.2, 0) is 9.47 Å². The lowest BCUT2D eigenvalue weighted by atomic mass is 10.1. The van der Waals surface area contributed by atoms with Crippen LogP contribution in [0.4, 0.5) is 0 Å². The number of hydrogen-bond acceptors (Lipinski definition) is 4. The third-order valence-corrected chi connectivity index (χ3v) is 3.06. The Kier molecular flexibility index (Phi) is 6.17. The van der Waals surface area contributed by atoms with E-state index >= 15 is 0 Å². The first-order valence-electron chi connectivity index (χ1n) is 5.71. The summed E-state index contributed by atoms with van der Waals surface area (Å²) < 4.78 is 10.5. The topological polar surface area (TPSA) is 33.7 Å². The SMILES string of the molecule is CNC1CCCN(CC(COC)OC)C1. The van der Waals surface area contributed by atoms with Crippen LogP contribution in [0.25, 0.3) is 0 Å². The van der Waals surface area contributed by atoms with Gasteiger partial charge in [0.05, 0.1) is 12.7 Å². The van der Waals surface area contributed by atoms with E-state index in [1.807, 2.05) is 7.05 Å². The quantitative estimate of drug-likeness (QED) is 0.694. The predicted octanol–water partition coefficient (Wildman–Crippen LogP) is 0.332. The van der Waals surface area contributed by atoms with Crippen molar-refractivity contribution in [3.63, 3.8) is 0 Å². The molecule has 4 heteroatoms. The predicted molar refractivity (Wildman–Crippen MR) is 61.2 cm³/mol. The lowest BCUT2D eigenvalue weighted by Crippen LogP contribution is -2.47. The van der Waals surface area contributed by atoms with Gasteiger partial charge in [0.2, 0.25) is 0 Å². The minimum Gasteiger partial charge on any atom is -0.382 e. The summed E-state index contributed by atoms with van der Waals surface area (Å²) in [6, 6.07) is 0.638. The first-order chi connectivity index (χ1) is 7.30. The summed E-state index contributed by atoms with van der Waals surface area (Å²) >= 11 is 0. The van der Waals surface area contributed by atoms with Crippen LogP contribution in [0.2, 0.25) is 0 Å². The Hall–Kier alpha value is -0.160. The molecule has 90 valence electrons. The van der Waals surface area contributed by atoms with Crippen molar-refractivity contribution in [1.29, 1.82) is 0 Å². The van der Waals surface area contributed by atoms with Gasteiger partial charge in [-0.15, -0.1) is 0 Å². The number of rotatable bonds is 6. The molecule has 0 bridgehead atoms. The Morgan fingerprint density at radius 2 is 2.27 bits per heavy atom. The van der Waals surface area contributed by atoms with Crippen molar-refractivity contribution in [3.8, 4) is 0 Å². The van der Waals surface area contributed by atoms with Gasteiger partial charge in [-0.05, 0) is 26.4 Å². The molecule has 0 spiro atoms. The van der Waals surface area contributed by atoms with E-state index in [9.17, 15) is 0 Å². The largest absolute Gasteiger partial charge is 0.382 e. The number of methoxy groups -OCH3 is 2. The van der Waals surface area contributed by atoms with E-state index in [0.717, 1.165) is 13.1 Å². The molecule has 15 heavy (non-hydrogen) atoms. The molecule has 1 N–H and O–H groups in total. The van der Waals surface area contributed by atoms with E-state index in [0.29, 0.717) is 12.6 Å². The van der Waals surface area contributed by atoms with Gasteiger partial charge in [0.15, 0.2) is 0 Å². The van der Waals surface area contributed by atoms with Gasteiger partial charge in [-0.3, -0.25) is 4.90 Å². The average molecular weight is 216 g/mol. The van der Waals surface area contributed by atoms with Crippen LogP contribution in [0.3, 0.4) is 0 Å². The van der Waals surface area contributed by atoms with Gasteiger partial charge in [-0.1, -0.05) is 0 Å². The zero-order valence-electron chi connectivity index (χ0n) is 10.2. The normalized spacial score (nSPS) is 25.4. The molecule has 2 unspecified atom stereocenters. The molecular weight excluding hydrogens is 192 g/mol. The summed E-state index contributed by atoms with van der Waals surface area (Å²) in [5.74, 6) is 0. The van der Waals surface area contributed by atoms with Crippen molar-refractivity contribution in [2.45, 2.75) is 25.0 Å². The minimum absolute atomic E-state index is 0.200. The zero-order valence-corrected chi connectivity index (χ0v) is 10.2. The second kappa shape index (κ2) is 7.17. The van der Waals surface area contributed by atoms with Crippen LogP contribution in [0.1, 0.15) is 12.8 Å². The van der Waals surface area contributed by atoms with E-state index in [1.165, 1.54) is 19.4 Å². The fourth-order valence-electron chi connectivity index (χ4n) is 2.13. The highest BCUT2D eigenvalue weighted by molar-refractivity contribution is 4.78. The molecule has 0 aromatic carbocycles. The van der Waals surface area contributed by atoms with Gasteiger partial charge < -0.3 is 14.8 Å². The molecule has 1 aliphatic heterocycles. The van der Waals surface area contributed by atoms with Crippen LogP contribution in [0, 0.1) is 0 Å². The first kappa shape index (κ1) is 12.9. The summed E-state index contributed by atoms with van der Waals surface area (Å²) in [7, 11) is 5.51.